The summed E-state index contributed by atoms with van der Waals surface area (Å²) in [5.74, 6) is -1.65. The number of alkyl halides is 2. The van der Waals surface area contributed by atoms with Crippen molar-refractivity contribution >= 4 is 11.6 Å². The normalized spacial score (nSPS) is 10.3. The first-order chi connectivity index (χ1) is 5.57. The Bertz CT molecular complexity index is 166. The predicted molar refractivity (Wildman–Crippen MR) is 40.2 cm³/mol. The van der Waals surface area contributed by atoms with Crippen molar-refractivity contribution in [2.75, 3.05) is 0 Å². The molecule has 0 aromatic rings. The summed E-state index contributed by atoms with van der Waals surface area (Å²) in [6, 6.07) is 0. The molecule has 0 atom stereocenters. The van der Waals surface area contributed by atoms with Gasteiger partial charge in [-0.05, 0) is 6.42 Å². The number of hydrogen-bond donors (Lipinski definition) is 0. The minimum atomic E-state index is -3.00. The molecule has 0 spiro atoms. The number of rotatable bonds is 6. The Balaban J connectivity index is 3.62. The van der Waals surface area contributed by atoms with Crippen LogP contribution in [-0.2, 0) is 9.59 Å². The molecule has 0 saturated heterocycles. The van der Waals surface area contributed by atoms with E-state index in [0.717, 1.165) is 6.42 Å². The molecule has 12 heavy (non-hydrogen) atoms. The van der Waals surface area contributed by atoms with Crippen molar-refractivity contribution in [3.8, 4) is 0 Å². The Morgan fingerprint density at radius 1 is 1.33 bits per heavy atom. The number of unbranched alkanes of at least 4 members (excludes halogenated alkanes) is 1. The SMILES string of the molecule is CCCCC(=O)CC(=O)C(F)F. The fourth-order valence-electron chi connectivity index (χ4n) is 0.734. The second-order valence-electron chi connectivity index (χ2n) is 2.59. The highest BCUT2D eigenvalue weighted by Gasteiger charge is 2.18. The van der Waals surface area contributed by atoms with Crippen molar-refractivity contribution in [1.29, 1.82) is 0 Å². The van der Waals surface area contributed by atoms with Crippen molar-refractivity contribution < 1.29 is 18.4 Å². The lowest BCUT2D eigenvalue weighted by molar-refractivity contribution is -0.134. The molecule has 0 bridgehead atoms. The molecule has 0 aromatic carbocycles. The lowest BCUT2D eigenvalue weighted by Gasteiger charge is -1.97. The summed E-state index contributed by atoms with van der Waals surface area (Å²) in [4.78, 5) is 21.1. The highest BCUT2D eigenvalue weighted by molar-refractivity contribution is 6.00. The number of halogens is 2. The standard InChI is InChI=1S/C8H12F2O2/c1-2-3-4-6(11)5-7(12)8(9)10/h8H,2-5H2,1H3. The van der Waals surface area contributed by atoms with E-state index in [4.69, 9.17) is 0 Å². The first-order valence-corrected chi connectivity index (χ1v) is 3.90. The second-order valence-corrected chi connectivity index (χ2v) is 2.59. The van der Waals surface area contributed by atoms with Crippen LogP contribution in [0.4, 0.5) is 8.78 Å². The predicted octanol–water partition coefficient (Wildman–Crippen LogP) is 1.97. The Hall–Kier alpha value is -0.800. The topological polar surface area (TPSA) is 34.1 Å². The van der Waals surface area contributed by atoms with Gasteiger partial charge in [0.15, 0.2) is 0 Å². The zero-order chi connectivity index (χ0) is 9.56. The number of ketones is 2. The Morgan fingerprint density at radius 2 is 1.92 bits per heavy atom. The van der Waals surface area contributed by atoms with Gasteiger partial charge in [0.25, 0.3) is 6.43 Å². The zero-order valence-electron chi connectivity index (χ0n) is 6.98. The molecule has 70 valence electrons. The second kappa shape index (κ2) is 5.80. The number of carbonyl (C=O) groups is 2. The molecular formula is C8H12F2O2. The Morgan fingerprint density at radius 3 is 2.33 bits per heavy atom. The summed E-state index contributed by atoms with van der Waals surface area (Å²) in [6.45, 7) is 1.89. The van der Waals surface area contributed by atoms with Gasteiger partial charge < -0.3 is 0 Å². The molecular weight excluding hydrogens is 166 g/mol. The third-order valence-corrected chi connectivity index (χ3v) is 1.42. The van der Waals surface area contributed by atoms with Crippen LogP contribution in [0.15, 0.2) is 0 Å². The van der Waals surface area contributed by atoms with Crippen molar-refractivity contribution in [2.24, 2.45) is 0 Å². The molecule has 4 heteroatoms. The van der Waals surface area contributed by atoms with Crippen LogP contribution < -0.4 is 0 Å². The molecule has 0 radical (unpaired) electrons. The average Bonchev–Trinajstić information content (AvgIpc) is 2.00. The van der Waals surface area contributed by atoms with Crippen LogP contribution in [0.3, 0.4) is 0 Å². The fraction of sp³-hybridized carbons (Fsp3) is 0.750. The summed E-state index contributed by atoms with van der Waals surface area (Å²) in [7, 11) is 0. The molecule has 0 aliphatic carbocycles. The maximum absolute atomic E-state index is 11.6. The molecule has 0 rings (SSSR count). The van der Waals surface area contributed by atoms with Crippen LogP contribution >= 0.6 is 0 Å². The van der Waals surface area contributed by atoms with Gasteiger partial charge in [-0.3, -0.25) is 9.59 Å². The zero-order valence-corrected chi connectivity index (χ0v) is 6.98. The maximum atomic E-state index is 11.6. The number of carbonyl (C=O) groups excluding carboxylic acids is 2. The van der Waals surface area contributed by atoms with E-state index < -0.39 is 18.6 Å². The molecule has 0 N–H and O–H groups in total. The van der Waals surface area contributed by atoms with E-state index in [1.165, 1.54) is 0 Å². The largest absolute Gasteiger partial charge is 0.299 e. The van der Waals surface area contributed by atoms with E-state index in [-0.39, 0.29) is 12.2 Å². The quantitative estimate of drug-likeness (QED) is 0.583. The first-order valence-electron chi connectivity index (χ1n) is 3.90. The van der Waals surface area contributed by atoms with Crippen LogP contribution in [0.1, 0.15) is 32.6 Å². The van der Waals surface area contributed by atoms with Gasteiger partial charge in [-0.15, -0.1) is 0 Å². The number of Topliss-reactive ketones (excluding diaryl/α,β-unsaturated/α-hetero) is 2. The van der Waals surface area contributed by atoms with Crippen molar-refractivity contribution in [2.45, 2.75) is 39.0 Å². The van der Waals surface area contributed by atoms with Crippen molar-refractivity contribution in [1.82, 2.24) is 0 Å². The van der Waals surface area contributed by atoms with Gasteiger partial charge in [0.1, 0.15) is 5.78 Å². The highest BCUT2D eigenvalue weighted by Crippen LogP contribution is 2.03. The smallest absolute Gasteiger partial charge is 0.296 e. The van der Waals surface area contributed by atoms with E-state index in [9.17, 15) is 18.4 Å². The van der Waals surface area contributed by atoms with Crippen LogP contribution in [0.25, 0.3) is 0 Å². The van der Waals surface area contributed by atoms with Gasteiger partial charge in [-0.2, -0.15) is 0 Å². The van der Waals surface area contributed by atoms with Gasteiger partial charge >= 0.3 is 0 Å². The van der Waals surface area contributed by atoms with Gasteiger partial charge in [0.2, 0.25) is 5.78 Å². The Labute approximate surface area is 69.9 Å². The lowest BCUT2D eigenvalue weighted by atomic mass is 10.1. The van der Waals surface area contributed by atoms with E-state index in [2.05, 4.69) is 0 Å². The third kappa shape index (κ3) is 4.93. The lowest BCUT2D eigenvalue weighted by Crippen LogP contribution is -2.14. The summed E-state index contributed by atoms with van der Waals surface area (Å²) in [5, 5.41) is 0. The van der Waals surface area contributed by atoms with Crippen molar-refractivity contribution in [3.63, 3.8) is 0 Å². The molecule has 0 aliphatic rings. The van der Waals surface area contributed by atoms with Crippen LogP contribution in [0, 0.1) is 0 Å². The molecule has 0 aliphatic heterocycles. The van der Waals surface area contributed by atoms with Crippen LogP contribution in [0.2, 0.25) is 0 Å². The van der Waals surface area contributed by atoms with E-state index >= 15 is 0 Å². The maximum Gasteiger partial charge on any atom is 0.296 e. The summed E-state index contributed by atoms with van der Waals surface area (Å²) >= 11 is 0. The fourth-order valence-corrected chi connectivity index (χ4v) is 0.734. The van der Waals surface area contributed by atoms with Crippen LogP contribution in [0.5, 0.6) is 0 Å². The third-order valence-electron chi connectivity index (χ3n) is 1.42. The van der Waals surface area contributed by atoms with E-state index in [1.807, 2.05) is 6.92 Å². The monoisotopic (exact) mass is 178 g/mol. The molecule has 0 unspecified atom stereocenters. The van der Waals surface area contributed by atoms with Crippen molar-refractivity contribution in [3.05, 3.63) is 0 Å². The van der Waals surface area contributed by atoms with Gasteiger partial charge in [0.05, 0.1) is 6.42 Å². The molecule has 0 fully saturated rings. The molecule has 0 aromatic heterocycles. The van der Waals surface area contributed by atoms with Gasteiger partial charge in [-0.25, -0.2) is 8.78 Å². The highest BCUT2D eigenvalue weighted by atomic mass is 19.3. The van der Waals surface area contributed by atoms with E-state index in [0.29, 0.717) is 6.42 Å². The average molecular weight is 178 g/mol. The molecule has 0 heterocycles. The van der Waals surface area contributed by atoms with E-state index in [1.54, 1.807) is 0 Å². The van der Waals surface area contributed by atoms with Gasteiger partial charge in [0, 0.05) is 6.42 Å². The van der Waals surface area contributed by atoms with Gasteiger partial charge in [-0.1, -0.05) is 13.3 Å². The first kappa shape index (κ1) is 11.2. The summed E-state index contributed by atoms with van der Waals surface area (Å²) in [5.41, 5.74) is 0. The number of hydrogen-bond acceptors (Lipinski definition) is 2. The Kier molecular flexibility index (Phi) is 5.41. The minimum Gasteiger partial charge on any atom is -0.299 e. The molecule has 0 amide bonds. The molecule has 0 saturated carbocycles. The summed E-state index contributed by atoms with van der Waals surface area (Å²) < 4.78 is 23.2. The van der Waals surface area contributed by atoms with Crippen LogP contribution in [-0.4, -0.2) is 18.0 Å². The molecule has 2 nitrogen and oxygen atoms in total. The minimum absolute atomic E-state index is 0.231. The summed E-state index contributed by atoms with van der Waals surface area (Å²) in [6.07, 6.45) is -1.90.